The second kappa shape index (κ2) is 4.14. The first-order valence-corrected chi connectivity index (χ1v) is 6.59. The molecule has 0 saturated heterocycles. The predicted molar refractivity (Wildman–Crippen MR) is 72.0 cm³/mol. The number of pyridine rings is 1. The lowest BCUT2D eigenvalue weighted by atomic mass is 10.0. The molecule has 1 fully saturated rings. The topological polar surface area (TPSA) is 12.9 Å². The molecule has 1 nitrogen and oxygen atoms in total. The van der Waals surface area contributed by atoms with Crippen molar-refractivity contribution < 1.29 is 0 Å². The van der Waals surface area contributed by atoms with E-state index in [1.807, 2.05) is 0 Å². The maximum Gasteiger partial charge on any atom is 0.0705 e. The van der Waals surface area contributed by atoms with Crippen molar-refractivity contribution in [2.24, 2.45) is 11.8 Å². The highest BCUT2D eigenvalue weighted by molar-refractivity contribution is 5.78. The number of nitrogens with zero attached hydrogens (tertiary/aromatic N) is 1. The van der Waals surface area contributed by atoms with Crippen LogP contribution in [-0.4, -0.2) is 4.98 Å². The number of fused-ring (bicyclic) bond motifs is 1. The quantitative estimate of drug-likeness (QED) is 0.755. The third kappa shape index (κ3) is 2.19. The second-order valence-corrected chi connectivity index (χ2v) is 5.66. The van der Waals surface area contributed by atoms with Crippen LogP contribution in [0.5, 0.6) is 0 Å². The average molecular weight is 225 g/mol. The van der Waals surface area contributed by atoms with E-state index in [0.717, 1.165) is 23.3 Å². The molecule has 0 spiro atoms. The summed E-state index contributed by atoms with van der Waals surface area (Å²) in [4.78, 5) is 4.79. The summed E-state index contributed by atoms with van der Waals surface area (Å²) in [7, 11) is 0. The Hall–Kier alpha value is -1.37. The van der Waals surface area contributed by atoms with Gasteiger partial charge in [-0.15, -0.1) is 0 Å². The molecule has 0 bridgehead atoms. The van der Waals surface area contributed by atoms with Crippen LogP contribution in [0.4, 0.5) is 0 Å². The number of hydrogen-bond donors (Lipinski definition) is 0. The van der Waals surface area contributed by atoms with E-state index in [1.54, 1.807) is 0 Å². The van der Waals surface area contributed by atoms with Crippen molar-refractivity contribution in [3.05, 3.63) is 42.1 Å². The fourth-order valence-electron chi connectivity index (χ4n) is 2.76. The van der Waals surface area contributed by atoms with Crippen molar-refractivity contribution in [1.29, 1.82) is 0 Å². The first-order chi connectivity index (χ1) is 8.24. The van der Waals surface area contributed by atoms with Crippen LogP contribution >= 0.6 is 0 Å². The van der Waals surface area contributed by atoms with Crippen LogP contribution in [-0.2, 0) is 0 Å². The summed E-state index contributed by atoms with van der Waals surface area (Å²) in [6, 6.07) is 12.8. The summed E-state index contributed by atoms with van der Waals surface area (Å²) in [6.07, 6.45) is 2.68. The lowest BCUT2D eigenvalue weighted by Gasteiger charge is -2.04. The van der Waals surface area contributed by atoms with E-state index in [-0.39, 0.29) is 0 Å². The minimum Gasteiger partial charge on any atom is -0.253 e. The Balaban J connectivity index is 1.83. The van der Waals surface area contributed by atoms with Gasteiger partial charge in [0.25, 0.3) is 0 Å². The van der Waals surface area contributed by atoms with Gasteiger partial charge in [-0.25, -0.2) is 0 Å². The first-order valence-electron chi connectivity index (χ1n) is 6.59. The van der Waals surface area contributed by atoms with Crippen molar-refractivity contribution in [1.82, 2.24) is 4.98 Å². The maximum atomic E-state index is 4.79. The Kier molecular flexibility index (Phi) is 2.62. The van der Waals surface area contributed by atoms with Gasteiger partial charge in [-0.1, -0.05) is 38.1 Å². The fourth-order valence-corrected chi connectivity index (χ4v) is 2.76. The third-order valence-corrected chi connectivity index (χ3v) is 3.70. The summed E-state index contributed by atoms with van der Waals surface area (Å²) in [5.41, 5.74) is 2.44. The zero-order chi connectivity index (χ0) is 11.8. The summed E-state index contributed by atoms with van der Waals surface area (Å²) in [5.74, 6) is 2.41. The zero-order valence-electron chi connectivity index (χ0n) is 10.6. The predicted octanol–water partition coefficient (Wildman–Crippen LogP) is 4.38. The first kappa shape index (κ1) is 10.8. The Morgan fingerprint density at radius 2 is 2.00 bits per heavy atom. The van der Waals surface area contributed by atoms with Crippen molar-refractivity contribution in [2.45, 2.75) is 32.6 Å². The highest BCUT2D eigenvalue weighted by Gasteiger charge is 2.39. The molecule has 17 heavy (non-hydrogen) atoms. The molecule has 1 saturated carbocycles. The van der Waals surface area contributed by atoms with Crippen molar-refractivity contribution in [2.75, 3.05) is 0 Å². The van der Waals surface area contributed by atoms with Crippen LogP contribution in [0, 0.1) is 11.8 Å². The SMILES string of the molecule is CC(C)C[C@H]1C[C@@H]1c1ccc2ccccc2n1. The molecule has 1 heteroatoms. The molecule has 1 aromatic heterocycles. The minimum atomic E-state index is 0.724. The Labute approximate surface area is 103 Å². The molecule has 0 amide bonds. The number of rotatable bonds is 3. The summed E-state index contributed by atoms with van der Waals surface area (Å²) >= 11 is 0. The second-order valence-electron chi connectivity index (χ2n) is 5.66. The lowest BCUT2D eigenvalue weighted by molar-refractivity contribution is 0.531. The van der Waals surface area contributed by atoms with Crippen LogP contribution in [0.1, 0.15) is 38.3 Å². The van der Waals surface area contributed by atoms with Crippen molar-refractivity contribution in [3.8, 4) is 0 Å². The highest BCUT2D eigenvalue weighted by Crippen LogP contribution is 2.50. The van der Waals surface area contributed by atoms with Crippen molar-refractivity contribution in [3.63, 3.8) is 0 Å². The maximum absolute atomic E-state index is 4.79. The third-order valence-electron chi connectivity index (χ3n) is 3.70. The Morgan fingerprint density at radius 1 is 1.18 bits per heavy atom. The molecule has 0 aliphatic heterocycles. The normalized spacial score (nSPS) is 23.2. The van der Waals surface area contributed by atoms with E-state index in [0.29, 0.717) is 0 Å². The van der Waals surface area contributed by atoms with Crippen LogP contribution in [0.25, 0.3) is 10.9 Å². The zero-order valence-corrected chi connectivity index (χ0v) is 10.6. The highest BCUT2D eigenvalue weighted by atomic mass is 14.7. The minimum absolute atomic E-state index is 0.724. The van der Waals surface area contributed by atoms with E-state index in [2.05, 4.69) is 50.2 Å². The Bertz CT molecular complexity index is 530. The molecule has 88 valence electrons. The van der Waals surface area contributed by atoms with E-state index in [4.69, 9.17) is 4.98 Å². The molecule has 2 atom stereocenters. The fraction of sp³-hybridized carbons (Fsp3) is 0.438. The molecule has 0 unspecified atom stereocenters. The van der Waals surface area contributed by atoms with E-state index < -0.39 is 0 Å². The van der Waals surface area contributed by atoms with Crippen LogP contribution in [0.3, 0.4) is 0 Å². The molecule has 1 aliphatic carbocycles. The van der Waals surface area contributed by atoms with Gasteiger partial charge in [-0.3, -0.25) is 4.98 Å². The van der Waals surface area contributed by atoms with Crippen LogP contribution in [0.15, 0.2) is 36.4 Å². The smallest absolute Gasteiger partial charge is 0.0705 e. The standard InChI is InChI=1S/C16H19N/c1-11(2)9-13-10-14(13)16-8-7-12-5-3-4-6-15(12)17-16/h3-8,11,13-14H,9-10H2,1-2H3/t13-,14-/m0/s1. The molecule has 1 aromatic carbocycles. The van der Waals surface area contributed by atoms with Gasteiger partial charge >= 0.3 is 0 Å². The molecular formula is C16H19N. The summed E-state index contributed by atoms with van der Waals surface area (Å²) in [5, 5.41) is 1.25. The molecule has 0 radical (unpaired) electrons. The van der Waals surface area contributed by atoms with Gasteiger partial charge in [0.1, 0.15) is 0 Å². The van der Waals surface area contributed by atoms with E-state index in [1.165, 1.54) is 23.9 Å². The van der Waals surface area contributed by atoms with Crippen LogP contribution in [0.2, 0.25) is 0 Å². The lowest BCUT2D eigenvalue weighted by Crippen LogP contribution is -1.93. The largest absolute Gasteiger partial charge is 0.253 e. The Morgan fingerprint density at radius 3 is 2.82 bits per heavy atom. The summed E-state index contributed by atoms with van der Waals surface area (Å²) < 4.78 is 0. The number of hydrogen-bond acceptors (Lipinski definition) is 1. The van der Waals surface area contributed by atoms with Gasteiger partial charge in [-0.05, 0) is 36.8 Å². The van der Waals surface area contributed by atoms with Gasteiger partial charge < -0.3 is 0 Å². The molecule has 3 rings (SSSR count). The monoisotopic (exact) mass is 225 g/mol. The number of para-hydroxylation sites is 1. The van der Waals surface area contributed by atoms with Gasteiger partial charge in [0, 0.05) is 17.0 Å². The van der Waals surface area contributed by atoms with Crippen molar-refractivity contribution >= 4 is 10.9 Å². The molecule has 1 aliphatic rings. The van der Waals surface area contributed by atoms with Gasteiger partial charge in [0.05, 0.1) is 5.52 Å². The molecule has 2 aromatic rings. The van der Waals surface area contributed by atoms with Crippen LogP contribution < -0.4 is 0 Å². The average Bonchev–Trinajstić information content (AvgIpc) is 3.07. The molecule has 0 N–H and O–H groups in total. The van der Waals surface area contributed by atoms with Gasteiger partial charge in [0.2, 0.25) is 0 Å². The molecular weight excluding hydrogens is 206 g/mol. The van der Waals surface area contributed by atoms with Gasteiger partial charge in [0.15, 0.2) is 0 Å². The van der Waals surface area contributed by atoms with E-state index in [9.17, 15) is 0 Å². The number of aromatic nitrogens is 1. The van der Waals surface area contributed by atoms with E-state index >= 15 is 0 Å². The summed E-state index contributed by atoms with van der Waals surface area (Å²) in [6.45, 7) is 4.62. The van der Waals surface area contributed by atoms with Gasteiger partial charge in [-0.2, -0.15) is 0 Å². The molecule has 1 heterocycles. The number of benzene rings is 1.